The zero-order valence-corrected chi connectivity index (χ0v) is 14.1. The van der Waals surface area contributed by atoms with E-state index in [1.807, 2.05) is 19.4 Å². The maximum absolute atomic E-state index is 12.8. The van der Waals surface area contributed by atoms with Crippen molar-refractivity contribution < 1.29 is 9.53 Å². The van der Waals surface area contributed by atoms with E-state index in [0.717, 1.165) is 18.5 Å². The summed E-state index contributed by atoms with van der Waals surface area (Å²) in [6, 6.07) is 0.459. The molecule has 23 heavy (non-hydrogen) atoms. The number of urea groups is 1. The van der Waals surface area contributed by atoms with Crippen molar-refractivity contribution in [3.8, 4) is 0 Å². The number of hydrogen-bond acceptors (Lipinski definition) is 3. The van der Waals surface area contributed by atoms with E-state index in [0.29, 0.717) is 17.8 Å². The second kappa shape index (κ2) is 5.51. The third-order valence-corrected chi connectivity index (χ3v) is 6.02. The van der Waals surface area contributed by atoms with Gasteiger partial charge in [-0.3, -0.25) is 4.68 Å². The van der Waals surface area contributed by atoms with Gasteiger partial charge < -0.3 is 15.0 Å². The monoisotopic (exact) mass is 318 g/mol. The molecule has 0 aromatic carbocycles. The van der Waals surface area contributed by atoms with Crippen molar-refractivity contribution in [1.82, 2.24) is 20.0 Å². The molecule has 2 saturated carbocycles. The first kappa shape index (κ1) is 15.0. The van der Waals surface area contributed by atoms with Crippen molar-refractivity contribution in [2.24, 2.45) is 24.8 Å². The Balaban J connectivity index is 1.39. The molecule has 6 heteroatoms. The Morgan fingerprint density at radius 1 is 1.48 bits per heavy atom. The standard InChI is InChI=1S/C17H26N4O2/c1-10(4-11-7-18-20(2)8-11)19-17(22)21-9-13-5-12-6-14(13)15(21)16(12)23-3/h7-8,10,12-16H,4-6,9H2,1-3H3,(H,19,22). The third-order valence-electron chi connectivity index (χ3n) is 6.02. The van der Waals surface area contributed by atoms with E-state index < -0.39 is 0 Å². The highest BCUT2D eigenvalue weighted by Crippen LogP contribution is 2.55. The number of carbonyl (C=O) groups excluding carboxylic acids is 1. The molecule has 3 fully saturated rings. The Morgan fingerprint density at radius 2 is 2.30 bits per heavy atom. The van der Waals surface area contributed by atoms with Gasteiger partial charge in [0, 0.05) is 32.9 Å². The number of amides is 2. The number of fused-ring (bicyclic) bond motifs is 1. The van der Waals surface area contributed by atoms with Crippen LogP contribution < -0.4 is 5.32 Å². The van der Waals surface area contributed by atoms with Crippen LogP contribution in [0.1, 0.15) is 25.3 Å². The zero-order valence-electron chi connectivity index (χ0n) is 14.1. The molecular weight excluding hydrogens is 292 g/mol. The van der Waals surface area contributed by atoms with E-state index in [9.17, 15) is 4.79 Å². The second-order valence-electron chi connectivity index (χ2n) is 7.58. The highest BCUT2D eigenvalue weighted by molar-refractivity contribution is 5.75. The summed E-state index contributed by atoms with van der Waals surface area (Å²) in [7, 11) is 3.70. The number of hydrogen-bond donors (Lipinski definition) is 1. The van der Waals surface area contributed by atoms with Gasteiger partial charge in [0.05, 0.1) is 18.3 Å². The lowest BCUT2D eigenvalue weighted by Crippen LogP contribution is -2.50. The smallest absolute Gasteiger partial charge is 0.317 e. The number of aromatic nitrogens is 2. The quantitative estimate of drug-likeness (QED) is 0.913. The fraction of sp³-hybridized carbons (Fsp3) is 0.765. The number of carbonyl (C=O) groups is 1. The normalized spacial score (nSPS) is 35.8. The molecule has 6 atom stereocenters. The van der Waals surface area contributed by atoms with E-state index in [-0.39, 0.29) is 24.2 Å². The molecule has 1 saturated heterocycles. The molecule has 2 heterocycles. The van der Waals surface area contributed by atoms with Gasteiger partial charge in [0.1, 0.15) is 0 Å². The molecule has 126 valence electrons. The second-order valence-corrected chi connectivity index (χ2v) is 7.58. The molecule has 3 aliphatic rings. The molecule has 4 rings (SSSR count). The van der Waals surface area contributed by atoms with Crippen LogP contribution in [-0.2, 0) is 18.2 Å². The molecule has 1 aromatic heterocycles. The number of likely N-dealkylation sites (tertiary alicyclic amines) is 1. The van der Waals surface area contributed by atoms with E-state index >= 15 is 0 Å². The molecule has 2 bridgehead atoms. The van der Waals surface area contributed by atoms with Gasteiger partial charge in [-0.15, -0.1) is 0 Å². The first-order valence-electron chi connectivity index (χ1n) is 8.64. The van der Waals surface area contributed by atoms with Crippen molar-refractivity contribution in [2.75, 3.05) is 13.7 Å². The lowest BCUT2D eigenvalue weighted by molar-refractivity contribution is 0.0187. The van der Waals surface area contributed by atoms with Crippen LogP contribution in [0.5, 0.6) is 0 Å². The van der Waals surface area contributed by atoms with Crippen molar-refractivity contribution in [1.29, 1.82) is 0 Å². The van der Waals surface area contributed by atoms with Crippen molar-refractivity contribution in [3.05, 3.63) is 18.0 Å². The summed E-state index contributed by atoms with van der Waals surface area (Å²) in [5.41, 5.74) is 1.15. The minimum Gasteiger partial charge on any atom is -0.379 e. The number of rotatable bonds is 4. The molecular formula is C17H26N4O2. The Kier molecular flexibility index (Phi) is 3.59. The summed E-state index contributed by atoms with van der Waals surface area (Å²) >= 11 is 0. The van der Waals surface area contributed by atoms with Gasteiger partial charge in [0.15, 0.2) is 0 Å². The number of aryl methyl sites for hydroxylation is 1. The minimum atomic E-state index is 0.0727. The average molecular weight is 318 g/mol. The van der Waals surface area contributed by atoms with Gasteiger partial charge >= 0.3 is 6.03 Å². The molecule has 1 N–H and O–H groups in total. The summed E-state index contributed by atoms with van der Waals surface area (Å²) in [5, 5.41) is 7.35. The molecule has 2 amide bonds. The number of ether oxygens (including phenoxy) is 1. The molecule has 6 nitrogen and oxygen atoms in total. The van der Waals surface area contributed by atoms with Crippen LogP contribution in [0.3, 0.4) is 0 Å². The van der Waals surface area contributed by atoms with Gasteiger partial charge in [-0.1, -0.05) is 0 Å². The number of nitrogens with one attached hydrogen (secondary N) is 1. The number of methoxy groups -OCH3 is 1. The fourth-order valence-electron chi connectivity index (χ4n) is 5.23. The van der Waals surface area contributed by atoms with Gasteiger partial charge in [-0.25, -0.2) is 4.79 Å². The van der Waals surface area contributed by atoms with Crippen LogP contribution in [-0.4, -0.2) is 52.6 Å². The fourth-order valence-corrected chi connectivity index (χ4v) is 5.23. The molecule has 1 aliphatic heterocycles. The van der Waals surface area contributed by atoms with Crippen molar-refractivity contribution in [2.45, 2.75) is 44.4 Å². The van der Waals surface area contributed by atoms with Crippen LogP contribution in [0.25, 0.3) is 0 Å². The maximum atomic E-state index is 12.8. The van der Waals surface area contributed by atoms with E-state index in [1.54, 1.807) is 11.8 Å². The van der Waals surface area contributed by atoms with E-state index in [1.165, 1.54) is 12.8 Å². The minimum absolute atomic E-state index is 0.0727. The molecule has 2 aliphatic carbocycles. The summed E-state index contributed by atoms with van der Waals surface area (Å²) in [6.45, 7) is 2.96. The summed E-state index contributed by atoms with van der Waals surface area (Å²) in [5.74, 6) is 2.01. The Morgan fingerprint density at radius 3 is 3.00 bits per heavy atom. The molecule has 1 aromatic rings. The van der Waals surface area contributed by atoms with Crippen LogP contribution in [0.2, 0.25) is 0 Å². The molecule has 0 radical (unpaired) electrons. The van der Waals surface area contributed by atoms with Crippen LogP contribution in [0, 0.1) is 17.8 Å². The third kappa shape index (κ3) is 2.43. The SMILES string of the molecule is COC1C2CC3CN(C(=O)NC(C)Cc4cnn(C)c4)C1C3C2. The first-order valence-corrected chi connectivity index (χ1v) is 8.64. The highest BCUT2D eigenvalue weighted by atomic mass is 16.5. The van der Waals surface area contributed by atoms with Gasteiger partial charge in [-0.05, 0) is 49.5 Å². The predicted molar refractivity (Wildman–Crippen MR) is 85.9 cm³/mol. The first-order chi connectivity index (χ1) is 11.1. The average Bonchev–Trinajstić information content (AvgIpc) is 3.19. The lowest BCUT2D eigenvalue weighted by atomic mass is 9.88. The van der Waals surface area contributed by atoms with Crippen molar-refractivity contribution >= 4 is 6.03 Å². The van der Waals surface area contributed by atoms with E-state index in [4.69, 9.17) is 4.74 Å². The van der Waals surface area contributed by atoms with Gasteiger partial charge in [0.2, 0.25) is 0 Å². The summed E-state index contributed by atoms with van der Waals surface area (Å²) in [6.07, 6.45) is 7.37. The Labute approximate surface area is 137 Å². The van der Waals surface area contributed by atoms with Crippen molar-refractivity contribution in [3.63, 3.8) is 0 Å². The van der Waals surface area contributed by atoms with E-state index in [2.05, 4.69) is 22.2 Å². The lowest BCUT2D eigenvalue weighted by Gasteiger charge is -2.32. The van der Waals surface area contributed by atoms with Crippen LogP contribution >= 0.6 is 0 Å². The highest BCUT2D eigenvalue weighted by Gasteiger charge is 2.60. The summed E-state index contributed by atoms with van der Waals surface area (Å²) < 4.78 is 7.52. The largest absolute Gasteiger partial charge is 0.379 e. The zero-order chi connectivity index (χ0) is 16.1. The molecule has 0 spiro atoms. The number of nitrogens with zero attached hydrogens (tertiary/aromatic N) is 3. The summed E-state index contributed by atoms with van der Waals surface area (Å²) in [4.78, 5) is 14.8. The Hall–Kier alpha value is -1.56. The molecule has 6 unspecified atom stereocenters. The predicted octanol–water partition coefficient (Wildman–Crippen LogP) is 1.42. The topological polar surface area (TPSA) is 59.4 Å². The Bertz CT molecular complexity index is 599. The van der Waals surface area contributed by atoms with Crippen LogP contribution in [0.15, 0.2) is 12.4 Å². The van der Waals surface area contributed by atoms with Crippen LogP contribution in [0.4, 0.5) is 4.79 Å². The van der Waals surface area contributed by atoms with Gasteiger partial charge in [0.25, 0.3) is 0 Å². The van der Waals surface area contributed by atoms with Gasteiger partial charge in [-0.2, -0.15) is 5.10 Å². The maximum Gasteiger partial charge on any atom is 0.317 e.